The Morgan fingerprint density at radius 2 is 1.69 bits per heavy atom. The summed E-state index contributed by atoms with van der Waals surface area (Å²) in [6.07, 6.45) is -0.328. The molecule has 3 aromatic rings. The van der Waals surface area contributed by atoms with Crippen molar-refractivity contribution in [2.45, 2.75) is 12.2 Å². The maximum atomic E-state index is 13.8. The van der Waals surface area contributed by atoms with E-state index < -0.39 is 34.5 Å². The summed E-state index contributed by atoms with van der Waals surface area (Å²) in [4.78, 5) is 22.3. The molecular weight excluding hydrogens is 417 g/mol. The SMILES string of the molecule is O=C(Nc1cccc(NC2=CC(O)c3ccccc3C2O)c1)c1ccc([N+](=O)[O-])c(F)c1. The molecule has 32 heavy (non-hydrogen) atoms. The van der Waals surface area contributed by atoms with Crippen LogP contribution in [-0.2, 0) is 0 Å². The second kappa shape index (κ2) is 8.58. The van der Waals surface area contributed by atoms with Crippen molar-refractivity contribution in [2.24, 2.45) is 0 Å². The quantitative estimate of drug-likeness (QED) is 0.354. The molecule has 0 spiro atoms. The van der Waals surface area contributed by atoms with Crippen LogP contribution in [0, 0.1) is 15.9 Å². The lowest BCUT2D eigenvalue weighted by atomic mass is 9.90. The van der Waals surface area contributed by atoms with Crippen molar-refractivity contribution in [3.8, 4) is 0 Å². The smallest absolute Gasteiger partial charge is 0.304 e. The summed E-state index contributed by atoms with van der Waals surface area (Å²) in [5.74, 6) is -1.74. The predicted molar refractivity (Wildman–Crippen MR) is 116 cm³/mol. The lowest BCUT2D eigenvalue weighted by molar-refractivity contribution is -0.387. The fourth-order valence-corrected chi connectivity index (χ4v) is 3.50. The maximum Gasteiger partial charge on any atom is 0.304 e. The third kappa shape index (κ3) is 4.20. The number of carbonyl (C=O) groups excluding carboxylic acids is 1. The van der Waals surface area contributed by atoms with Gasteiger partial charge in [-0.3, -0.25) is 14.9 Å². The van der Waals surface area contributed by atoms with E-state index in [-0.39, 0.29) is 5.56 Å². The normalized spacial score (nSPS) is 17.2. The van der Waals surface area contributed by atoms with Crippen LogP contribution in [0.4, 0.5) is 21.5 Å². The second-order valence-corrected chi connectivity index (χ2v) is 7.18. The molecule has 0 fully saturated rings. The van der Waals surface area contributed by atoms with Crippen molar-refractivity contribution >= 4 is 23.0 Å². The van der Waals surface area contributed by atoms with Gasteiger partial charge in [-0.05, 0) is 47.5 Å². The van der Waals surface area contributed by atoms with Crippen molar-refractivity contribution in [1.82, 2.24) is 0 Å². The summed E-state index contributed by atoms with van der Waals surface area (Å²) in [5.41, 5.74) is 1.74. The minimum Gasteiger partial charge on any atom is -0.384 e. The molecule has 8 nitrogen and oxygen atoms in total. The molecule has 1 aliphatic carbocycles. The number of benzene rings is 3. The summed E-state index contributed by atoms with van der Waals surface area (Å²) < 4.78 is 13.8. The number of fused-ring (bicyclic) bond motifs is 1. The van der Waals surface area contributed by atoms with Gasteiger partial charge in [-0.1, -0.05) is 30.3 Å². The van der Waals surface area contributed by atoms with E-state index in [4.69, 9.17) is 0 Å². The zero-order valence-electron chi connectivity index (χ0n) is 16.5. The molecule has 1 aliphatic rings. The van der Waals surface area contributed by atoms with E-state index >= 15 is 0 Å². The monoisotopic (exact) mass is 435 g/mol. The molecule has 0 aliphatic heterocycles. The Kier molecular flexibility index (Phi) is 5.67. The van der Waals surface area contributed by atoms with Gasteiger partial charge in [0.2, 0.25) is 5.82 Å². The van der Waals surface area contributed by atoms with Crippen LogP contribution >= 0.6 is 0 Å². The molecule has 162 valence electrons. The van der Waals surface area contributed by atoms with Gasteiger partial charge in [-0.25, -0.2) is 0 Å². The average Bonchev–Trinajstić information content (AvgIpc) is 2.77. The molecule has 2 unspecified atom stereocenters. The van der Waals surface area contributed by atoms with Crippen molar-refractivity contribution in [3.63, 3.8) is 0 Å². The standard InChI is InChI=1S/C23H18FN3O5/c24-18-10-13(8-9-20(18)27(31)32)23(30)26-15-5-3-4-14(11-15)25-19-12-21(28)16-6-1-2-7-17(16)22(19)29/h1-12,21-22,25,28-29H,(H,26,30). The number of hydrogen-bond donors (Lipinski definition) is 4. The topological polar surface area (TPSA) is 125 Å². The van der Waals surface area contributed by atoms with Crippen LogP contribution < -0.4 is 10.6 Å². The first-order chi connectivity index (χ1) is 15.3. The van der Waals surface area contributed by atoms with Gasteiger partial charge in [0.25, 0.3) is 5.91 Å². The Balaban J connectivity index is 1.50. The zero-order chi connectivity index (χ0) is 22.8. The first-order valence-corrected chi connectivity index (χ1v) is 9.62. The minimum atomic E-state index is -1.10. The summed E-state index contributed by atoms with van der Waals surface area (Å²) in [6.45, 7) is 0. The number of nitro benzene ring substituents is 1. The van der Waals surface area contributed by atoms with Gasteiger partial charge < -0.3 is 20.8 Å². The molecule has 0 saturated carbocycles. The summed E-state index contributed by atoms with van der Waals surface area (Å²) in [7, 11) is 0. The van der Waals surface area contributed by atoms with E-state index in [1.54, 1.807) is 48.5 Å². The molecular formula is C23H18FN3O5. The fraction of sp³-hybridized carbons (Fsp3) is 0.0870. The van der Waals surface area contributed by atoms with E-state index in [0.29, 0.717) is 28.2 Å². The van der Waals surface area contributed by atoms with Crippen LogP contribution in [0.5, 0.6) is 0 Å². The summed E-state index contributed by atoms with van der Waals surface area (Å²) in [6, 6.07) is 16.5. The number of aliphatic hydroxyl groups excluding tert-OH is 2. The van der Waals surface area contributed by atoms with Crippen LogP contribution in [0.25, 0.3) is 0 Å². The van der Waals surface area contributed by atoms with Crippen LogP contribution in [0.15, 0.2) is 78.5 Å². The molecule has 9 heteroatoms. The first-order valence-electron chi connectivity index (χ1n) is 9.62. The van der Waals surface area contributed by atoms with E-state index in [0.717, 1.165) is 12.1 Å². The number of nitrogens with zero attached hydrogens (tertiary/aromatic N) is 1. The number of halogens is 1. The Bertz CT molecular complexity index is 1240. The van der Waals surface area contributed by atoms with Crippen LogP contribution in [0.3, 0.4) is 0 Å². The van der Waals surface area contributed by atoms with Gasteiger partial charge >= 0.3 is 5.69 Å². The highest BCUT2D eigenvalue weighted by molar-refractivity contribution is 6.04. The third-order valence-electron chi connectivity index (χ3n) is 5.06. The highest BCUT2D eigenvalue weighted by Crippen LogP contribution is 2.36. The lowest BCUT2D eigenvalue weighted by Crippen LogP contribution is -2.19. The van der Waals surface area contributed by atoms with E-state index in [1.807, 2.05) is 0 Å². The number of aliphatic hydroxyl groups is 2. The van der Waals surface area contributed by atoms with E-state index in [1.165, 1.54) is 12.1 Å². The first kappa shape index (κ1) is 21.2. The molecule has 0 aromatic heterocycles. The Hall–Kier alpha value is -4.08. The highest BCUT2D eigenvalue weighted by atomic mass is 19.1. The Morgan fingerprint density at radius 3 is 2.41 bits per heavy atom. The highest BCUT2D eigenvalue weighted by Gasteiger charge is 2.26. The Morgan fingerprint density at radius 1 is 0.969 bits per heavy atom. The molecule has 0 radical (unpaired) electrons. The van der Waals surface area contributed by atoms with Gasteiger partial charge in [0.15, 0.2) is 0 Å². The number of nitro groups is 1. The number of amides is 1. The number of hydrogen-bond acceptors (Lipinski definition) is 6. The van der Waals surface area contributed by atoms with Crippen LogP contribution in [-0.4, -0.2) is 21.0 Å². The number of nitrogens with one attached hydrogen (secondary N) is 2. The zero-order valence-corrected chi connectivity index (χ0v) is 16.5. The minimum absolute atomic E-state index is 0.0726. The molecule has 0 heterocycles. The molecule has 2 atom stereocenters. The van der Waals surface area contributed by atoms with Gasteiger partial charge in [-0.2, -0.15) is 4.39 Å². The molecule has 3 aromatic carbocycles. The van der Waals surface area contributed by atoms with Gasteiger partial charge in [0.1, 0.15) is 6.10 Å². The number of carbonyl (C=O) groups is 1. The number of rotatable bonds is 5. The number of anilines is 2. The van der Waals surface area contributed by atoms with E-state index in [9.17, 15) is 29.5 Å². The predicted octanol–water partition coefficient (Wildman–Crippen LogP) is 4.06. The van der Waals surface area contributed by atoms with Crippen molar-refractivity contribution in [2.75, 3.05) is 10.6 Å². The third-order valence-corrected chi connectivity index (χ3v) is 5.06. The van der Waals surface area contributed by atoms with Crippen molar-refractivity contribution in [1.29, 1.82) is 0 Å². The van der Waals surface area contributed by atoms with Crippen molar-refractivity contribution < 1.29 is 24.3 Å². The molecule has 0 bridgehead atoms. The largest absolute Gasteiger partial charge is 0.384 e. The van der Waals surface area contributed by atoms with E-state index in [2.05, 4.69) is 10.6 Å². The molecule has 1 amide bonds. The Labute approximate surface area is 181 Å². The van der Waals surface area contributed by atoms with Crippen LogP contribution in [0.2, 0.25) is 0 Å². The fourth-order valence-electron chi connectivity index (χ4n) is 3.50. The van der Waals surface area contributed by atoms with Gasteiger partial charge in [-0.15, -0.1) is 0 Å². The van der Waals surface area contributed by atoms with Crippen LogP contribution in [0.1, 0.15) is 33.7 Å². The maximum absolute atomic E-state index is 13.8. The molecule has 0 saturated heterocycles. The van der Waals surface area contributed by atoms with Crippen molar-refractivity contribution in [3.05, 3.63) is 111 Å². The molecule has 4 N–H and O–H groups in total. The van der Waals surface area contributed by atoms with Gasteiger partial charge in [0, 0.05) is 28.7 Å². The molecule has 4 rings (SSSR count). The van der Waals surface area contributed by atoms with Gasteiger partial charge in [0.05, 0.1) is 11.0 Å². The second-order valence-electron chi connectivity index (χ2n) is 7.18. The summed E-state index contributed by atoms with van der Waals surface area (Å²) >= 11 is 0. The summed E-state index contributed by atoms with van der Waals surface area (Å²) in [5, 5.41) is 37.4. The lowest BCUT2D eigenvalue weighted by Gasteiger charge is -2.27. The average molecular weight is 435 g/mol.